The lowest BCUT2D eigenvalue weighted by atomic mass is 9.98. The van der Waals surface area contributed by atoms with Crippen LogP contribution in [0.5, 0.6) is 0 Å². The summed E-state index contributed by atoms with van der Waals surface area (Å²) in [6.07, 6.45) is -2.89. The van der Waals surface area contributed by atoms with Gasteiger partial charge in [-0.3, -0.25) is 0 Å². The number of carbonyl (C=O) groups excluding carboxylic acids is 1. The Hall–Kier alpha value is -4.07. The van der Waals surface area contributed by atoms with E-state index in [2.05, 4.69) is 5.32 Å². The minimum Gasteiger partial charge on any atom is -0.478 e. The maximum atomic E-state index is 13.3. The first-order valence-corrected chi connectivity index (χ1v) is 10.5. The van der Waals surface area contributed by atoms with Crippen LogP contribution in [0.25, 0.3) is 17.2 Å². The maximum absolute atomic E-state index is 13.3. The van der Waals surface area contributed by atoms with Gasteiger partial charge in [0.2, 0.25) is 0 Å². The van der Waals surface area contributed by atoms with Gasteiger partial charge >= 0.3 is 18.2 Å². The summed E-state index contributed by atoms with van der Waals surface area (Å²) >= 11 is 0. The van der Waals surface area contributed by atoms with E-state index in [0.717, 1.165) is 34.4 Å². The second-order valence-electron chi connectivity index (χ2n) is 7.71. The van der Waals surface area contributed by atoms with Crippen LogP contribution < -0.4 is 5.32 Å². The van der Waals surface area contributed by atoms with E-state index in [1.54, 1.807) is 0 Å². The minimum absolute atomic E-state index is 0.0609. The van der Waals surface area contributed by atoms with Crippen molar-refractivity contribution in [2.24, 2.45) is 0 Å². The fourth-order valence-electron chi connectivity index (χ4n) is 4.06. The molecule has 0 saturated heterocycles. The van der Waals surface area contributed by atoms with E-state index >= 15 is 0 Å². The Morgan fingerprint density at radius 3 is 2.18 bits per heavy atom. The number of alkyl carbamates (subject to hydrolysis) is 1. The van der Waals surface area contributed by atoms with Crippen LogP contribution in [0.3, 0.4) is 0 Å². The number of hydrogen-bond donors (Lipinski definition) is 2. The van der Waals surface area contributed by atoms with Gasteiger partial charge in [-0.2, -0.15) is 13.2 Å². The Balaban J connectivity index is 1.37. The number of halogens is 3. The third kappa shape index (κ3) is 4.80. The molecule has 34 heavy (non-hydrogen) atoms. The number of alkyl halides is 3. The Morgan fingerprint density at radius 1 is 0.971 bits per heavy atom. The van der Waals surface area contributed by atoms with Crippen LogP contribution in [0.4, 0.5) is 18.0 Å². The van der Waals surface area contributed by atoms with E-state index in [4.69, 9.17) is 9.84 Å². The van der Waals surface area contributed by atoms with Gasteiger partial charge in [-0.25, -0.2) is 9.59 Å². The van der Waals surface area contributed by atoms with E-state index in [1.807, 2.05) is 48.5 Å². The monoisotopic (exact) mass is 467 g/mol. The first-order chi connectivity index (χ1) is 16.3. The summed E-state index contributed by atoms with van der Waals surface area (Å²) in [5, 5.41) is 11.4. The molecule has 0 fully saturated rings. The van der Waals surface area contributed by atoms with Gasteiger partial charge in [-0.15, -0.1) is 0 Å². The van der Waals surface area contributed by atoms with Crippen LogP contribution in [0.2, 0.25) is 0 Å². The van der Waals surface area contributed by atoms with Crippen LogP contribution in [0.15, 0.2) is 72.8 Å². The van der Waals surface area contributed by atoms with Crippen LogP contribution >= 0.6 is 0 Å². The van der Waals surface area contributed by atoms with E-state index in [9.17, 15) is 22.8 Å². The summed E-state index contributed by atoms with van der Waals surface area (Å²) in [5.41, 5.74) is 2.62. The second kappa shape index (κ2) is 9.43. The molecule has 0 radical (unpaired) electrons. The van der Waals surface area contributed by atoms with Gasteiger partial charge in [0.1, 0.15) is 6.61 Å². The lowest BCUT2D eigenvalue weighted by Crippen LogP contribution is -2.26. The topological polar surface area (TPSA) is 75.6 Å². The van der Waals surface area contributed by atoms with Gasteiger partial charge in [0.05, 0.1) is 11.1 Å². The number of carboxylic acids is 1. The quantitative estimate of drug-likeness (QED) is 0.469. The first kappa shape index (κ1) is 23.1. The summed E-state index contributed by atoms with van der Waals surface area (Å²) in [7, 11) is 0. The van der Waals surface area contributed by atoms with Crippen LogP contribution in [0, 0.1) is 0 Å². The molecule has 0 bridgehead atoms. The number of amides is 1. The van der Waals surface area contributed by atoms with Gasteiger partial charge < -0.3 is 15.2 Å². The molecule has 5 nitrogen and oxygen atoms in total. The Kier molecular flexibility index (Phi) is 6.40. The molecule has 0 aliphatic heterocycles. The molecule has 3 aromatic carbocycles. The fourth-order valence-corrected chi connectivity index (χ4v) is 4.06. The van der Waals surface area contributed by atoms with Crippen molar-refractivity contribution in [2.75, 3.05) is 13.2 Å². The van der Waals surface area contributed by atoms with Gasteiger partial charge in [-0.05, 0) is 39.9 Å². The third-order valence-corrected chi connectivity index (χ3v) is 5.61. The van der Waals surface area contributed by atoms with Gasteiger partial charge in [0.15, 0.2) is 0 Å². The van der Waals surface area contributed by atoms with Gasteiger partial charge in [0.25, 0.3) is 0 Å². The lowest BCUT2D eigenvalue weighted by Gasteiger charge is -2.14. The molecule has 0 aromatic heterocycles. The Morgan fingerprint density at radius 2 is 1.59 bits per heavy atom. The highest BCUT2D eigenvalue weighted by Crippen LogP contribution is 2.44. The second-order valence-corrected chi connectivity index (χ2v) is 7.71. The predicted molar refractivity (Wildman–Crippen MR) is 121 cm³/mol. The highest BCUT2D eigenvalue weighted by atomic mass is 19.4. The van der Waals surface area contributed by atoms with Crippen molar-refractivity contribution in [2.45, 2.75) is 12.1 Å². The largest absolute Gasteiger partial charge is 0.478 e. The highest BCUT2D eigenvalue weighted by Gasteiger charge is 2.33. The summed E-state index contributed by atoms with van der Waals surface area (Å²) in [6.45, 7) is 0.0626. The summed E-state index contributed by atoms with van der Waals surface area (Å²) < 4.78 is 45.2. The lowest BCUT2D eigenvalue weighted by molar-refractivity contribution is -0.137. The molecular weight excluding hydrogens is 447 g/mol. The van der Waals surface area contributed by atoms with Crippen molar-refractivity contribution in [1.82, 2.24) is 5.32 Å². The van der Waals surface area contributed by atoms with Crippen LogP contribution in [-0.2, 0) is 10.9 Å². The SMILES string of the molecule is O=C(NCC=Cc1ccc(C(=O)O)cc1C(F)(F)F)OCC1c2ccccc2-c2ccccc21. The van der Waals surface area contributed by atoms with Crippen LogP contribution in [0.1, 0.15) is 38.5 Å². The highest BCUT2D eigenvalue weighted by molar-refractivity contribution is 5.88. The Labute approximate surface area is 193 Å². The molecule has 3 aromatic rings. The molecule has 1 amide bonds. The molecule has 0 unspecified atom stereocenters. The van der Waals surface area contributed by atoms with Gasteiger partial charge in [-0.1, -0.05) is 66.7 Å². The molecule has 1 aliphatic carbocycles. The van der Waals surface area contributed by atoms with Crippen LogP contribution in [-0.4, -0.2) is 30.3 Å². The van der Waals surface area contributed by atoms with Crippen molar-refractivity contribution < 1.29 is 32.6 Å². The average molecular weight is 467 g/mol. The number of ether oxygens (including phenoxy) is 1. The van der Waals surface area contributed by atoms with E-state index in [-0.39, 0.29) is 24.6 Å². The summed E-state index contributed by atoms with van der Waals surface area (Å²) in [4.78, 5) is 23.1. The molecule has 1 aliphatic rings. The molecule has 0 saturated carbocycles. The molecule has 0 spiro atoms. The number of carboxylic acid groups (broad SMARTS) is 1. The zero-order chi connectivity index (χ0) is 24.3. The smallest absolute Gasteiger partial charge is 0.417 e. The van der Waals surface area contributed by atoms with Gasteiger partial charge in [0, 0.05) is 12.5 Å². The van der Waals surface area contributed by atoms with Crippen molar-refractivity contribution in [1.29, 1.82) is 0 Å². The molecule has 0 atom stereocenters. The van der Waals surface area contributed by atoms with E-state index in [0.29, 0.717) is 6.07 Å². The zero-order valence-electron chi connectivity index (χ0n) is 17.8. The van der Waals surface area contributed by atoms with Crippen molar-refractivity contribution in [3.05, 3.63) is 101 Å². The minimum atomic E-state index is -4.72. The average Bonchev–Trinajstić information content (AvgIpc) is 3.13. The molecule has 0 heterocycles. The van der Waals surface area contributed by atoms with E-state index < -0.39 is 29.4 Å². The molecule has 174 valence electrons. The number of nitrogens with one attached hydrogen (secondary N) is 1. The third-order valence-electron chi connectivity index (χ3n) is 5.61. The van der Waals surface area contributed by atoms with Crippen molar-refractivity contribution in [3.8, 4) is 11.1 Å². The normalized spacial score (nSPS) is 12.9. The fraction of sp³-hybridized carbons (Fsp3) is 0.154. The number of rotatable bonds is 6. The van der Waals surface area contributed by atoms with E-state index in [1.165, 1.54) is 12.2 Å². The predicted octanol–water partition coefficient (Wildman–Crippen LogP) is 5.96. The molecular formula is C26H20F3NO4. The number of hydrogen-bond acceptors (Lipinski definition) is 3. The number of aromatic carboxylic acids is 1. The maximum Gasteiger partial charge on any atom is 0.417 e. The first-order valence-electron chi connectivity index (χ1n) is 10.5. The number of benzene rings is 3. The summed E-state index contributed by atoms with van der Waals surface area (Å²) in [6, 6.07) is 18.6. The van der Waals surface area contributed by atoms with Crippen molar-refractivity contribution in [3.63, 3.8) is 0 Å². The standard InChI is InChI=1S/C26H20F3NO4/c27-26(28,29)23-14-17(24(31)32)12-11-16(23)6-5-13-30-25(33)34-15-22-20-9-3-1-7-18(20)19-8-2-4-10-21(19)22/h1-12,14,22H,13,15H2,(H,30,33)(H,31,32). The number of fused-ring (bicyclic) bond motifs is 3. The summed E-state index contributed by atoms with van der Waals surface area (Å²) in [5.74, 6) is -1.55. The molecule has 4 rings (SSSR count). The number of carbonyl (C=O) groups is 2. The molecule has 2 N–H and O–H groups in total. The van der Waals surface area contributed by atoms with Crippen molar-refractivity contribution >= 4 is 18.1 Å². The Bertz CT molecular complexity index is 1220. The zero-order valence-corrected chi connectivity index (χ0v) is 17.8. The molecule has 8 heteroatoms.